The zero-order chi connectivity index (χ0) is 10.5. The molecule has 0 spiro atoms. The topological polar surface area (TPSA) is 50.1 Å². The summed E-state index contributed by atoms with van der Waals surface area (Å²) in [6, 6.07) is 0.955. The molecular weight excluding hydrogens is 226 g/mol. The number of aliphatic hydroxyl groups is 1. The van der Waals surface area contributed by atoms with E-state index in [1.54, 1.807) is 6.20 Å². The van der Waals surface area contributed by atoms with Gasteiger partial charge in [-0.1, -0.05) is 0 Å². The minimum Gasteiger partial charge on any atom is -0.382 e. The molecule has 2 atom stereocenters. The monoisotopic (exact) mass is 243 g/mol. The molecule has 2 bridgehead atoms. The van der Waals surface area contributed by atoms with Crippen molar-refractivity contribution in [2.24, 2.45) is 7.05 Å². The van der Waals surface area contributed by atoms with Crippen LogP contribution in [0.3, 0.4) is 0 Å². The summed E-state index contributed by atoms with van der Waals surface area (Å²) in [7, 11) is 1.95. The Balaban J connectivity index is 0.000000963. The molecule has 0 radical (unpaired) electrons. The third-order valence-corrected chi connectivity index (χ3v) is 3.74. The zero-order valence-electron chi connectivity index (χ0n) is 9.39. The first-order valence-electron chi connectivity index (χ1n) is 5.64. The van der Waals surface area contributed by atoms with Crippen LogP contribution in [0.5, 0.6) is 0 Å². The Kier molecular flexibility index (Phi) is 2.99. The van der Waals surface area contributed by atoms with Gasteiger partial charge in [0.15, 0.2) is 0 Å². The Hall–Kier alpha value is -0.580. The van der Waals surface area contributed by atoms with E-state index >= 15 is 0 Å². The van der Waals surface area contributed by atoms with E-state index in [1.165, 1.54) is 12.8 Å². The molecule has 2 aliphatic rings. The second-order valence-corrected chi connectivity index (χ2v) is 4.94. The molecule has 4 nitrogen and oxygen atoms in total. The van der Waals surface area contributed by atoms with E-state index < -0.39 is 5.60 Å². The number of halogens is 1. The lowest BCUT2D eigenvalue weighted by Gasteiger charge is -2.36. The number of hydrogen-bond acceptors (Lipinski definition) is 3. The van der Waals surface area contributed by atoms with E-state index in [4.69, 9.17) is 0 Å². The molecule has 0 saturated carbocycles. The highest BCUT2D eigenvalue weighted by Gasteiger charge is 2.45. The summed E-state index contributed by atoms with van der Waals surface area (Å²) in [6.45, 7) is 0. The number of hydrogen-bond donors (Lipinski definition) is 2. The number of rotatable bonds is 1. The van der Waals surface area contributed by atoms with Crippen LogP contribution in [0, 0.1) is 0 Å². The number of aryl methyl sites for hydroxylation is 1. The summed E-state index contributed by atoms with van der Waals surface area (Å²) in [4.78, 5) is 4.29. The average Bonchev–Trinajstić information content (AvgIpc) is 2.73. The first-order valence-corrected chi connectivity index (χ1v) is 5.64. The Morgan fingerprint density at radius 2 is 2.06 bits per heavy atom. The van der Waals surface area contributed by atoms with Crippen molar-refractivity contribution in [3.8, 4) is 0 Å². The third-order valence-electron chi connectivity index (χ3n) is 3.74. The summed E-state index contributed by atoms with van der Waals surface area (Å²) in [5.41, 5.74) is -0.713. The van der Waals surface area contributed by atoms with Gasteiger partial charge in [-0.3, -0.25) is 0 Å². The Morgan fingerprint density at radius 1 is 1.44 bits per heavy atom. The number of piperidine rings is 1. The average molecular weight is 244 g/mol. The maximum atomic E-state index is 10.7. The van der Waals surface area contributed by atoms with Crippen LogP contribution in [0.25, 0.3) is 0 Å². The van der Waals surface area contributed by atoms with Crippen LogP contribution in [0.4, 0.5) is 0 Å². The molecule has 2 N–H and O–H groups in total. The number of fused-ring (bicyclic) bond motifs is 2. The molecule has 16 heavy (non-hydrogen) atoms. The van der Waals surface area contributed by atoms with Crippen molar-refractivity contribution < 1.29 is 5.11 Å². The van der Waals surface area contributed by atoms with Crippen LogP contribution in [0.15, 0.2) is 12.4 Å². The third kappa shape index (κ3) is 1.75. The Bertz CT molecular complexity index is 367. The van der Waals surface area contributed by atoms with Gasteiger partial charge in [0.2, 0.25) is 0 Å². The normalized spacial score (nSPS) is 37.1. The molecule has 1 aromatic rings. The van der Waals surface area contributed by atoms with Crippen molar-refractivity contribution in [2.45, 2.75) is 43.4 Å². The lowest BCUT2D eigenvalue weighted by Crippen LogP contribution is -2.47. The first-order chi connectivity index (χ1) is 7.17. The van der Waals surface area contributed by atoms with Gasteiger partial charge in [-0.15, -0.1) is 12.4 Å². The van der Waals surface area contributed by atoms with Crippen molar-refractivity contribution in [1.82, 2.24) is 14.9 Å². The molecule has 3 rings (SSSR count). The predicted molar refractivity (Wildman–Crippen MR) is 63.5 cm³/mol. The summed E-state index contributed by atoms with van der Waals surface area (Å²) in [5.74, 6) is 0.820. The van der Waals surface area contributed by atoms with Crippen molar-refractivity contribution in [3.05, 3.63) is 18.2 Å². The van der Waals surface area contributed by atoms with Gasteiger partial charge < -0.3 is 15.0 Å². The van der Waals surface area contributed by atoms with Gasteiger partial charge in [0.05, 0.1) is 0 Å². The molecule has 2 fully saturated rings. The number of imidazole rings is 1. The molecule has 0 aromatic carbocycles. The second kappa shape index (κ2) is 4.02. The summed E-state index contributed by atoms with van der Waals surface area (Å²) in [6.07, 6.45) is 7.64. The first kappa shape index (κ1) is 11.9. The lowest BCUT2D eigenvalue weighted by molar-refractivity contribution is -0.0215. The van der Waals surface area contributed by atoms with Gasteiger partial charge in [-0.05, 0) is 25.7 Å². The number of aromatic nitrogens is 2. The van der Waals surface area contributed by atoms with Crippen LogP contribution in [-0.2, 0) is 12.6 Å². The fraction of sp³-hybridized carbons (Fsp3) is 0.727. The minimum absolute atomic E-state index is 0. The standard InChI is InChI=1S/C11H17N3O.ClH/c1-14-5-4-12-10(14)11(15)6-8-2-3-9(7-11)13-8;/h4-5,8-9,13,15H,2-3,6-7H2,1H3;1H. The Morgan fingerprint density at radius 3 is 2.56 bits per heavy atom. The highest BCUT2D eigenvalue weighted by molar-refractivity contribution is 5.85. The molecule has 2 aliphatic heterocycles. The molecule has 0 amide bonds. The predicted octanol–water partition coefficient (Wildman–Crippen LogP) is 0.944. The van der Waals surface area contributed by atoms with Crippen molar-refractivity contribution in [2.75, 3.05) is 0 Å². The second-order valence-electron chi connectivity index (χ2n) is 4.94. The van der Waals surface area contributed by atoms with E-state index in [1.807, 2.05) is 17.8 Å². The van der Waals surface area contributed by atoms with Crippen molar-refractivity contribution in [1.29, 1.82) is 0 Å². The molecule has 3 heterocycles. The number of nitrogens with one attached hydrogen (secondary N) is 1. The maximum absolute atomic E-state index is 10.7. The van der Waals surface area contributed by atoms with Crippen LogP contribution in [0.1, 0.15) is 31.5 Å². The molecule has 2 saturated heterocycles. The fourth-order valence-corrected chi connectivity index (χ4v) is 3.12. The molecule has 1 aromatic heterocycles. The largest absolute Gasteiger partial charge is 0.382 e. The van der Waals surface area contributed by atoms with Crippen molar-refractivity contribution in [3.63, 3.8) is 0 Å². The molecule has 90 valence electrons. The van der Waals surface area contributed by atoms with Crippen LogP contribution < -0.4 is 5.32 Å². The Labute approximate surface area is 101 Å². The van der Waals surface area contributed by atoms with Gasteiger partial charge in [0.1, 0.15) is 11.4 Å². The van der Waals surface area contributed by atoms with Crippen LogP contribution in [0.2, 0.25) is 0 Å². The van der Waals surface area contributed by atoms with E-state index in [0.717, 1.165) is 18.7 Å². The van der Waals surface area contributed by atoms with Crippen LogP contribution in [-0.4, -0.2) is 26.7 Å². The zero-order valence-corrected chi connectivity index (χ0v) is 10.2. The van der Waals surface area contributed by atoms with Gasteiger partial charge in [-0.2, -0.15) is 0 Å². The highest BCUT2D eigenvalue weighted by Crippen LogP contribution is 2.39. The minimum atomic E-state index is -0.713. The van der Waals surface area contributed by atoms with Gasteiger partial charge >= 0.3 is 0 Å². The number of nitrogens with zero attached hydrogens (tertiary/aromatic N) is 2. The van der Waals surface area contributed by atoms with Gasteiger partial charge in [0, 0.05) is 31.5 Å². The SMILES string of the molecule is Cl.Cn1ccnc1C1(O)CC2CCC(C1)N2. The summed E-state index contributed by atoms with van der Waals surface area (Å²) < 4.78 is 1.94. The smallest absolute Gasteiger partial charge is 0.140 e. The van der Waals surface area contributed by atoms with E-state index in [-0.39, 0.29) is 12.4 Å². The van der Waals surface area contributed by atoms with Gasteiger partial charge in [0.25, 0.3) is 0 Å². The van der Waals surface area contributed by atoms with Crippen LogP contribution >= 0.6 is 12.4 Å². The van der Waals surface area contributed by atoms with Gasteiger partial charge in [-0.25, -0.2) is 4.98 Å². The quantitative estimate of drug-likeness (QED) is 0.772. The molecule has 2 unspecified atom stereocenters. The molecule has 0 aliphatic carbocycles. The fourth-order valence-electron chi connectivity index (χ4n) is 3.12. The summed E-state index contributed by atoms with van der Waals surface area (Å²) in [5, 5.41) is 14.2. The van der Waals surface area contributed by atoms with Crippen molar-refractivity contribution >= 4 is 12.4 Å². The van der Waals surface area contributed by atoms with E-state index in [2.05, 4.69) is 10.3 Å². The molecular formula is C11H18ClN3O. The maximum Gasteiger partial charge on any atom is 0.140 e. The van der Waals surface area contributed by atoms with E-state index in [9.17, 15) is 5.11 Å². The highest BCUT2D eigenvalue weighted by atomic mass is 35.5. The lowest BCUT2D eigenvalue weighted by atomic mass is 9.87. The molecule has 5 heteroatoms. The summed E-state index contributed by atoms with van der Waals surface area (Å²) >= 11 is 0. The van der Waals surface area contributed by atoms with E-state index in [0.29, 0.717) is 12.1 Å².